The molecule has 0 saturated heterocycles. The standard InChI is InChI=1S/C20H25N5O3/c1-14-12-16(15(13-18(14)27)21-7-10-26)22-19-17-6-4-5-8-25(17)23-20(19)28-11-9-24(2)3/h4-6,8,10,12-13,21-22,27H,7,9,11H2,1-3H3. The Morgan fingerprint density at radius 1 is 1.29 bits per heavy atom. The smallest absolute Gasteiger partial charge is 0.257 e. The number of carbonyl (C=O) groups excluding carboxylic acids is 1. The fourth-order valence-corrected chi connectivity index (χ4v) is 2.75. The molecule has 8 heteroatoms. The van der Waals surface area contributed by atoms with Crippen LogP contribution in [-0.4, -0.2) is 59.7 Å². The topological polar surface area (TPSA) is 91.1 Å². The zero-order chi connectivity index (χ0) is 20.1. The number of benzene rings is 1. The lowest BCUT2D eigenvalue weighted by molar-refractivity contribution is -0.106. The van der Waals surface area contributed by atoms with E-state index >= 15 is 0 Å². The van der Waals surface area contributed by atoms with Gasteiger partial charge in [-0.25, -0.2) is 4.52 Å². The Kier molecular flexibility index (Phi) is 6.00. The van der Waals surface area contributed by atoms with Gasteiger partial charge >= 0.3 is 0 Å². The normalized spacial score (nSPS) is 11.0. The molecule has 1 aromatic carbocycles. The number of aryl methyl sites for hydroxylation is 1. The van der Waals surface area contributed by atoms with Gasteiger partial charge in [-0.1, -0.05) is 6.07 Å². The molecule has 2 aromatic heterocycles. The minimum absolute atomic E-state index is 0.137. The molecule has 0 aliphatic heterocycles. The van der Waals surface area contributed by atoms with Crippen LogP contribution in [0.1, 0.15) is 5.56 Å². The Morgan fingerprint density at radius 2 is 2.11 bits per heavy atom. The average Bonchev–Trinajstić information content (AvgIpc) is 3.00. The van der Waals surface area contributed by atoms with E-state index in [0.29, 0.717) is 29.4 Å². The third-order valence-corrected chi connectivity index (χ3v) is 4.26. The molecule has 0 unspecified atom stereocenters. The van der Waals surface area contributed by atoms with Gasteiger partial charge in [-0.2, -0.15) is 0 Å². The Morgan fingerprint density at radius 3 is 2.86 bits per heavy atom. The maximum atomic E-state index is 10.8. The lowest BCUT2D eigenvalue weighted by Crippen LogP contribution is -2.19. The molecular formula is C20H25N5O3. The monoisotopic (exact) mass is 383 g/mol. The summed E-state index contributed by atoms with van der Waals surface area (Å²) in [5.41, 5.74) is 3.62. The number of aromatic hydroxyl groups is 1. The molecular weight excluding hydrogens is 358 g/mol. The zero-order valence-corrected chi connectivity index (χ0v) is 16.3. The molecule has 0 aliphatic rings. The van der Waals surface area contributed by atoms with Crippen molar-refractivity contribution in [1.29, 1.82) is 0 Å². The molecule has 2 heterocycles. The number of rotatable bonds is 9. The van der Waals surface area contributed by atoms with Crippen LogP contribution >= 0.6 is 0 Å². The molecule has 3 N–H and O–H groups in total. The fourth-order valence-electron chi connectivity index (χ4n) is 2.75. The number of likely N-dealkylation sites (N-methyl/N-ethyl adjacent to an activating group) is 1. The summed E-state index contributed by atoms with van der Waals surface area (Å²) in [5.74, 6) is 0.640. The number of anilines is 3. The summed E-state index contributed by atoms with van der Waals surface area (Å²) in [4.78, 5) is 12.8. The maximum absolute atomic E-state index is 10.8. The number of nitrogens with one attached hydrogen (secondary N) is 2. The second-order valence-corrected chi connectivity index (χ2v) is 6.72. The van der Waals surface area contributed by atoms with E-state index in [0.717, 1.165) is 24.0 Å². The predicted octanol–water partition coefficient (Wildman–Crippen LogP) is 2.64. The number of aromatic nitrogens is 2. The van der Waals surface area contributed by atoms with Gasteiger partial charge in [0.05, 0.1) is 23.4 Å². The Hall–Kier alpha value is -3.26. The second-order valence-electron chi connectivity index (χ2n) is 6.72. The van der Waals surface area contributed by atoms with Gasteiger partial charge in [0.1, 0.15) is 24.3 Å². The molecule has 148 valence electrons. The highest BCUT2D eigenvalue weighted by Crippen LogP contribution is 2.37. The van der Waals surface area contributed by atoms with Crippen molar-refractivity contribution in [2.45, 2.75) is 6.92 Å². The molecule has 3 aromatic rings. The van der Waals surface area contributed by atoms with Crippen LogP contribution in [0, 0.1) is 6.92 Å². The largest absolute Gasteiger partial charge is 0.508 e. The van der Waals surface area contributed by atoms with E-state index in [4.69, 9.17) is 4.74 Å². The quantitative estimate of drug-likeness (QED) is 0.386. The first-order chi connectivity index (χ1) is 13.5. The summed E-state index contributed by atoms with van der Waals surface area (Å²) >= 11 is 0. The van der Waals surface area contributed by atoms with E-state index in [-0.39, 0.29) is 12.3 Å². The molecule has 0 aliphatic carbocycles. The number of carbonyl (C=O) groups is 1. The SMILES string of the molecule is Cc1cc(Nc2c(OCCN(C)C)nn3ccccc23)c(NCC=O)cc1O. The third kappa shape index (κ3) is 4.34. The van der Waals surface area contributed by atoms with Gasteiger partial charge in [-0.05, 0) is 44.8 Å². The summed E-state index contributed by atoms with van der Waals surface area (Å²) in [6.07, 6.45) is 2.62. The molecule has 0 bridgehead atoms. The third-order valence-electron chi connectivity index (χ3n) is 4.26. The molecule has 0 atom stereocenters. The molecule has 0 spiro atoms. The number of hydrogen-bond acceptors (Lipinski definition) is 7. The molecule has 0 radical (unpaired) electrons. The summed E-state index contributed by atoms with van der Waals surface area (Å²) < 4.78 is 7.67. The average molecular weight is 383 g/mol. The number of aldehydes is 1. The highest BCUT2D eigenvalue weighted by molar-refractivity contribution is 5.86. The van der Waals surface area contributed by atoms with Crippen LogP contribution in [0.2, 0.25) is 0 Å². The molecule has 0 saturated carbocycles. The van der Waals surface area contributed by atoms with Crippen molar-refractivity contribution in [3.8, 4) is 11.6 Å². The molecule has 0 amide bonds. The van der Waals surface area contributed by atoms with E-state index in [1.165, 1.54) is 0 Å². The molecule has 28 heavy (non-hydrogen) atoms. The van der Waals surface area contributed by atoms with Crippen molar-refractivity contribution in [3.63, 3.8) is 0 Å². The molecule has 8 nitrogen and oxygen atoms in total. The van der Waals surface area contributed by atoms with Gasteiger partial charge in [-0.3, -0.25) is 0 Å². The van der Waals surface area contributed by atoms with Crippen LogP contribution in [0.25, 0.3) is 5.52 Å². The number of phenolic OH excluding ortho intramolecular Hbond substituents is 1. The van der Waals surface area contributed by atoms with Crippen molar-refractivity contribution < 1.29 is 14.6 Å². The Balaban J connectivity index is 1.99. The summed E-state index contributed by atoms with van der Waals surface area (Å²) in [5, 5.41) is 20.9. The van der Waals surface area contributed by atoms with E-state index in [1.54, 1.807) is 10.6 Å². The Bertz CT molecular complexity index is 968. The number of fused-ring (bicyclic) bond motifs is 1. The van der Waals surface area contributed by atoms with Crippen molar-refractivity contribution in [2.24, 2.45) is 0 Å². The van der Waals surface area contributed by atoms with Gasteiger partial charge in [0.15, 0.2) is 0 Å². The summed E-state index contributed by atoms with van der Waals surface area (Å²) in [6, 6.07) is 9.19. The minimum Gasteiger partial charge on any atom is -0.508 e. The van der Waals surface area contributed by atoms with Gasteiger partial charge in [0.25, 0.3) is 5.88 Å². The van der Waals surface area contributed by atoms with E-state index in [1.807, 2.05) is 56.4 Å². The minimum atomic E-state index is 0.137. The second kappa shape index (κ2) is 8.62. The van der Waals surface area contributed by atoms with Crippen molar-refractivity contribution in [1.82, 2.24) is 14.5 Å². The van der Waals surface area contributed by atoms with Crippen LogP contribution in [0.5, 0.6) is 11.6 Å². The molecule has 0 fully saturated rings. The maximum Gasteiger partial charge on any atom is 0.257 e. The summed E-state index contributed by atoms with van der Waals surface area (Å²) in [7, 11) is 3.97. The van der Waals surface area contributed by atoms with Crippen LogP contribution in [0.15, 0.2) is 36.5 Å². The van der Waals surface area contributed by atoms with Gasteiger partial charge in [-0.15, -0.1) is 5.10 Å². The van der Waals surface area contributed by atoms with E-state index in [2.05, 4.69) is 15.7 Å². The lowest BCUT2D eigenvalue weighted by atomic mass is 10.1. The number of pyridine rings is 1. The van der Waals surface area contributed by atoms with Crippen LogP contribution < -0.4 is 15.4 Å². The lowest BCUT2D eigenvalue weighted by Gasteiger charge is -2.15. The number of hydrogen-bond donors (Lipinski definition) is 3. The predicted molar refractivity (Wildman–Crippen MR) is 110 cm³/mol. The number of nitrogens with zero attached hydrogens (tertiary/aromatic N) is 3. The van der Waals surface area contributed by atoms with Crippen LogP contribution in [0.3, 0.4) is 0 Å². The highest BCUT2D eigenvalue weighted by atomic mass is 16.5. The van der Waals surface area contributed by atoms with Gasteiger partial charge in [0, 0.05) is 18.8 Å². The summed E-state index contributed by atoms with van der Waals surface area (Å²) in [6.45, 7) is 3.21. The van der Waals surface area contributed by atoms with E-state index < -0.39 is 0 Å². The van der Waals surface area contributed by atoms with Crippen LogP contribution in [0.4, 0.5) is 17.1 Å². The number of ether oxygens (including phenoxy) is 1. The first-order valence-electron chi connectivity index (χ1n) is 9.02. The first kappa shape index (κ1) is 19.5. The van der Waals surface area contributed by atoms with Crippen LogP contribution in [-0.2, 0) is 4.79 Å². The van der Waals surface area contributed by atoms with Crippen molar-refractivity contribution in [2.75, 3.05) is 44.4 Å². The highest BCUT2D eigenvalue weighted by Gasteiger charge is 2.17. The van der Waals surface area contributed by atoms with Crippen molar-refractivity contribution in [3.05, 3.63) is 42.1 Å². The Labute approximate surface area is 163 Å². The van der Waals surface area contributed by atoms with Crippen molar-refractivity contribution >= 4 is 28.9 Å². The van der Waals surface area contributed by atoms with E-state index in [9.17, 15) is 9.90 Å². The number of phenols is 1. The van der Waals surface area contributed by atoms with Gasteiger partial charge in [0.2, 0.25) is 0 Å². The zero-order valence-electron chi connectivity index (χ0n) is 16.3. The first-order valence-corrected chi connectivity index (χ1v) is 9.02. The molecule has 3 rings (SSSR count). The fraction of sp³-hybridized carbons (Fsp3) is 0.300. The van der Waals surface area contributed by atoms with Gasteiger partial charge < -0.3 is 30.2 Å².